The zero-order valence-electron chi connectivity index (χ0n) is 15.4. The summed E-state index contributed by atoms with van der Waals surface area (Å²) in [6.45, 7) is 0. The largest absolute Gasteiger partial charge is 0.290 e. The summed E-state index contributed by atoms with van der Waals surface area (Å²) in [5.74, 6) is -0.280. The molecule has 5 rings (SSSR count). The second-order valence-electron chi connectivity index (χ2n) is 6.84. The Balaban J connectivity index is 1.56. The number of rotatable bonds is 3. The Morgan fingerprint density at radius 1 is 0.900 bits per heavy atom. The number of nitro benzene ring substituents is 1. The third kappa shape index (κ3) is 2.87. The zero-order valence-corrected chi connectivity index (χ0v) is 15.4. The van der Waals surface area contributed by atoms with Crippen LogP contribution in [-0.2, 0) is 4.79 Å². The minimum absolute atomic E-state index is 0.0397. The van der Waals surface area contributed by atoms with Gasteiger partial charge in [0.05, 0.1) is 10.6 Å². The molecule has 2 aromatic carbocycles. The smallest absolute Gasteiger partial charge is 0.269 e. The highest BCUT2D eigenvalue weighted by Gasteiger charge is 2.22. The molecule has 0 spiro atoms. The first-order valence-corrected chi connectivity index (χ1v) is 9.02. The van der Waals surface area contributed by atoms with Crippen LogP contribution in [0.25, 0.3) is 29.4 Å². The molecule has 0 atom stereocenters. The SMILES string of the molecule is O=C1C=Cc2cc3c(cc2=C1)-c1ccn(N=Nc2ccc([N+](=O)[O-])cc2)c1C(=O)C=3. The van der Waals surface area contributed by atoms with Gasteiger partial charge in [-0.2, -0.15) is 0 Å². The second-order valence-corrected chi connectivity index (χ2v) is 6.84. The number of nitro groups is 1. The molecule has 30 heavy (non-hydrogen) atoms. The molecule has 0 aliphatic heterocycles. The number of fused-ring (bicyclic) bond motifs is 4. The van der Waals surface area contributed by atoms with Gasteiger partial charge in [0.2, 0.25) is 5.78 Å². The van der Waals surface area contributed by atoms with Crippen molar-refractivity contribution in [2.75, 3.05) is 0 Å². The molecule has 2 aliphatic carbocycles. The van der Waals surface area contributed by atoms with Gasteiger partial charge in [-0.1, -0.05) is 11.3 Å². The van der Waals surface area contributed by atoms with Crippen molar-refractivity contribution in [3.8, 4) is 11.1 Å². The van der Waals surface area contributed by atoms with Crippen molar-refractivity contribution >= 4 is 41.2 Å². The molecule has 0 N–H and O–H groups in total. The summed E-state index contributed by atoms with van der Waals surface area (Å²) in [4.78, 5) is 34.7. The molecule has 3 aromatic rings. The number of hydrogen-bond acceptors (Lipinski definition) is 6. The average Bonchev–Trinajstić information content (AvgIpc) is 3.16. The van der Waals surface area contributed by atoms with Gasteiger partial charge in [0.1, 0.15) is 5.69 Å². The lowest BCUT2D eigenvalue weighted by molar-refractivity contribution is -0.384. The summed E-state index contributed by atoms with van der Waals surface area (Å²) < 4.78 is 1.38. The lowest BCUT2D eigenvalue weighted by Gasteiger charge is -2.12. The highest BCUT2D eigenvalue weighted by molar-refractivity contribution is 6.22. The number of hydrogen-bond donors (Lipinski definition) is 0. The van der Waals surface area contributed by atoms with Crippen LogP contribution in [0.4, 0.5) is 11.4 Å². The Morgan fingerprint density at radius 2 is 1.70 bits per heavy atom. The van der Waals surface area contributed by atoms with Gasteiger partial charge in [0.25, 0.3) is 5.69 Å². The van der Waals surface area contributed by atoms with Crippen LogP contribution in [-0.4, -0.2) is 21.2 Å². The minimum atomic E-state index is -0.491. The van der Waals surface area contributed by atoms with Crippen LogP contribution in [0, 0.1) is 10.1 Å². The first-order chi connectivity index (χ1) is 14.5. The predicted octanol–water partition coefficient (Wildman–Crippen LogP) is 2.96. The number of nitrogens with zero attached hydrogens (tertiary/aromatic N) is 4. The molecule has 0 fully saturated rings. The van der Waals surface area contributed by atoms with Crippen molar-refractivity contribution in [2.45, 2.75) is 0 Å². The third-order valence-corrected chi connectivity index (χ3v) is 4.97. The molecule has 144 valence electrons. The highest BCUT2D eigenvalue weighted by Crippen LogP contribution is 2.27. The summed E-state index contributed by atoms with van der Waals surface area (Å²) in [5.41, 5.74) is 3.18. The number of aromatic nitrogens is 1. The maximum atomic E-state index is 12.7. The predicted molar refractivity (Wildman–Crippen MR) is 109 cm³/mol. The van der Waals surface area contributed by atoms with E-state index in [0.717, 1.165) is 21.6 Å². The maximum absolute atomic E-state index is 12.7. The van der Waals surface area contributed by atoms with Crippen LogP contribution >= 0.6 is 0 Å². The van der Waals surface area contributed by atoms with Gasteiger partial charge in [0.15, 0.2) is 5.78 Å². The molecule has 1 aromatic heterocycles. The van der Waals surface area contributed by atoms with E-state index in [2.05, 4.69) is 10.3 Å². The first kappa shape index (κ1) is 17.6. The molecule has 0 bridgehead atoms. The van der Waals surface area contributed by atoms with Crippen molar-refractivity contribution in [1.29, 1.82) is 0 Å². The number of benzene rings is 2. The normalized spacial score (nSPS) is 14.0. The van der Waals surface area contributed by atoms with Crippen molar-refractivity contribution in [2.24, 2.45) is 10.3 Å². The maximum Gasteiger partial charge on any atom is 0.269 e. The van der Waals surface area contributed by atoms with Crippen LogP contribution in [0.1, 0.15) is 16.1 Å². The molecule has 0 saturated carbocycles. The summed E-state index contributed by atoms with van der Waals surface area (Å²) in [7, 11) is 0. The van der Waals surface area contributed by atoms with E-state index in [-0.39, 0.29) is 17.3 Å². The number of non-ortho nitro benzene ring substituents is 1. The molecular weight excluding hydrogens is 384 g/mol. The van der Waals surface area contributed by atoms with E-state index in [1.165, 1.54) is 35.0 Å². The van der Waals surface area contributed by atoms with E-state index >= 15 is 0 Å². The van der Waals surface area contributed by atoms with Crippen molar-refractivity contribution in [3.05, 3.63) is 86.5 Å². The van der Waals surface area contributed by atoms with E-state index in [9.17, 15) is 19.7 Å². The first-order valence-electron chi connectivity index (χ1n) is 9.02. The molecule has 8 nitrogen and oxygen atoms in total. The summed E-state index contributed by atoms with van der Waals surface area (Å²) in [6.07, 6.45) is 7.99. The van der Waals surface area contributed by atoms with Gasteiger partial charge >= 0.3 is 0 Å². The topological polar surface area (TPSA) is 107 Å². The number of carbonyl (C=O) groups excluding carboxylic acids is 2. The van der Waals surface area contributed by atoms with Crippen LogP contribution in [0.2, 0.25) is 0 Å². The van der Waals surface area contributed by atoms with Gasteiger partial charge in [0, 0.05) is 23.9 Å². The Bertz CT molecular complexity index is 1440. The van der Waals surface area contributed by atoms with Crippen LogP contribution in [0.15, 0.2) is 65.1 Å². The van der Waals surface area contributed by atoms with Crippen LogP contribution in [0.5, 0.6) is 0 Å². The Hall–Kier alpha value is -4.46. The van der Waals surface area contributed by atoms with Crippen LogP contribution in [0.3, 0.4) is 0 Å². The molecule has 0 amide bonds. The molecule has 1 heterocycles. The lowest BCUT2D eigenvalue weighted by Crippen LogP contribution is -2.23. The zero-order chi connectivity index (χ0) is 20.8. The average molecular weight is 396 g/mol. The van der Waals surface area contributed by atoms with Gasteiger partial charge in [-0.15, -0.1) is 5.11 Å². The van der Waals surface area contributed by atoms with E-state index in [1.54, 1.807) is 30.5 Å². The fraction of sp³-hybridized carbons (Fsp3) is 0. The van der Waals surface area contributed by atoms with Crippen LogP contribution < -0.4 is 10.4 Å². The van der Waals surface area contributed by atoms with Crippen molar-refractivity contribution < 1.29 is 14.5 Å². The number of allylic oxidation sites excluding steroid dienone is 1. The van der Waals surface area contributed by atoms with Gasteiger partial charge in [-0.25, -0.2) is 4.68 Å². The summed E-state index contributed by atoms with van der Waals surface area (Å²) in [5, 5.41) is 20.5. The Labute approximate surface area is 168 Å². The standard InChI is InChI=1S/C22H12N4O4/c27-18-6-1-13-9-15-12-21(28)22-19(20(15)11-14(13)10-18)7-8-25(22)24-23-16-2-4-17(5-3-16)26(29)30/h1-12H. The van der Waals surface area contributed by atoms with Gasteiger partial charge in [-0.05, 0) is 70.1 Å². The molecule has 0 saturated heterocycles. The van der Waals surface area contributed by atoms with Gasteiger partial charge in [-0.3, -0.25) is 19.7 Å². The monoisotopic (exact) mass is 396 g/mol. The van der Waals surface area contributed by atoms with E-state index < -0.39 is 4.92 Å². The summed E-state index contributed by atoms with van der Waals surface area (Å²) >= 11 is 0. The Kier molecular flexibility index (Phi) is 3.85. The highest BCUT2D eigenvalue weighted by atomic mass is 16.6. The molecular formula is C22H12N4O4. The molecule has 0 unspecified atom stereocenters. The number of Topliss-reactive ketones (excluding diaryl/α,β-unsaturated/α-hetero) is 1. The number of ketones is 2. The molecule has 8 heteroatoms. The minimum Gasteiger partial charge on any atom is -0.290 e. The molecule has 2 aliphatic rings. The quantitative estimate of drug-likeness (QED) is 0.385. The van der Waals surface area contributed by atoms with E-state index in [4.69, 9.17) is 0 Å². The number of carbonyl (C=O) groups is 2. The summed E-state index contributed by atoms with van der Waals surface area (Å²) in [6, 6.07) is 11.2. The molecule has 0 radical (unpaired) electrons. The lowest BCUT2D eigenvalue weighted by atomic mass is 9.92. The van der Waals surface area contributed by atoms with Crippen molar-refractivity contribution in [1.82, 2.24) is 4.68 Å². The van der Waals surface area contributed by atoms with Crippen molar-refractivity contribution in [3.63, 3.8) is 0 Å². The second kappa shape index (κ2) is 6.56. The van der Waals surface area contributed by atoms with E-state index in [0.29, 0.717) is 16.9 Å². The van der Waals surface area contributed by atoms with E-state index in [1.807, 2.05) is 12.1 Å². The fourth-order valence-electron chi connectivity index (χ4n) is 3.56. The fourth-order valence-corrected chi connectivity index (χ4v) is 3.56. The Morgan fingerprint density at radius 3 is 2.47 bits per heavy atom. The third-order valence-electron chi connectivity index (χ3n) is 4.97. The van der Waals surface area contributed by atoms with Gasteiger partial charge < -0.3 is 0 Å².